The second-order valence-electron chi connectivity index (χ2n) is 7.16. The van der Waals surface area contributed by atoms with Gasteiger partial charge < -0.3 is 14.9 Å². The highest BCUT2D eigenvalue weighted by atomic mass is 16.5. The van der Waals surface area contributed by atoms with Gasteiger partial charge in [-0.25, -0.2) is 4.79 Å². The molecule has 0 aromatic heterocycles. The molecule has 2 rings (SSSR count). The van der Waals surface area contributed by atoms with E-state index in [-0.39, 0.29) is 17.1 Å². The molecule has 2 aromatic carbocycles. The van der Waals surface area contributed by atoms with Crippen molar-refractivity contribution in [2.45, 2.75) is 71.1 Å². The maximum absolute atomic E-state index is 11.4. The zero-order valence-corrected chi connectivity index (χ0v) is 16.4. The number of ether oxygens (including phenoxy) is 1. The van der Waals surface area contributed by atoms with Gasteiger partial charge in [0.15, 0.2) is 11.5 Å². The Hall–Kier alpha value is -2.23. The zero-order chi connectivity index (χ0) is 19.5. The van der Waals surface area contributed by atoms with E-state index >= 15 is 0 Å². The molecule has 0 fully saturated rings. The molecule has 0 aliphatic rings. The Balaban J connectivity index is 1.78. The van der Waals surface area contributed by atoms with E-state index in [1.54, 1.807) is 0 Å². The second kappa shape index (κ2) is 11.5. The van der Waals surface area contributed by atoms with Crippen LogP contribution in [0.5, 0.6) is 11.5 Å². The lowest BCUT2D eigenvalue weighted by Gasteiger charge is -2.13. The lowest BCUT2D eigenvalue weighted by Crippen LogP contribution is -2.02. The Morgan fingerprint density at radius 1 is 0.926 bits per heavy atom. The van der Waals surface area contributed by atoms with Crippen LogP contribution in [0.1, 0.15) is 81.5 Å². The molecule has 27 heavy (non-hydrogen) atoms. The molecule has 0 radical (unpaired) electrons. The van der Waals surface area contributed by atoms with E-state index in [0.29, 0.717) is 6.61 Å². The summed E-state index contributed by atoms with van der Waals surface area (Å²) in [6, 6.07) is 8.86. The molecule has 0 heterocycles. The maximum Gasteiger partial charge on any atom is 0.339 e. The summed E-state index contributed by atoms with van der Waals surface area (Å²) in [6.45, 7) is 2.72. The highest BCUT2D eigenvalue weighted by Gasteiger charge is 2.18. The third-order valence-corrected chi connectivity index (χ3v) is 4.95. The topological polar surface area (TPSA) is 66.8 Å². The van der Waals surface area contributed by atoms with Gasteiger partial charge in [-0.3, -0.25) is 0 Å². The summed E-state index contributed by atoms with van der Waals surface area (Å²) in [5, 5.41) is 21.1. The average molecular weight is 373 g/mol. The van der Waals surface area contributed by atoms with Gasteiger partial charge >= 0.3 is 5.97 Å². The van der Waals surface area contributed by atoms with E-state index in [1.165, 1.54) is 57.4 Å². The highest BCUT2D eigenvalue weighted by Crippen LogP contribution is 2.38. The van der Waals surface area contributed by atoms with E-state index in [2.05, 4.69) is 6.92 Å². The predicted molar refractivity (Wildman–Crippen MR) is 110 cm³/mol. The van der Waals surface area contributed by atoms with Crippen molar-refractivity contribution in [2.75, 3.05) is 6.61 Å². The predicted octanol–water partition coefficient (Wildman–Crippen LogP) is 6.54. The summed E-state index contributed by atoms with van der Waals surface area (Å²) in [5.41, 5.74) is -0.119. The van der Waals surface area contributed by atoms with E-state index in [0.717, 1.165) is 23.6 Å². The van der Waals surface area contributed by atoms with E-state index in [1.807, 2.05) is 24.3 Å². The van der Waals surface area contributed by atoms with Gasteiger partial charge in [-0.1, -0.05) is 89.0 Å². The Bertz CT molecular complexity index is 724. The SMILES string of the molecule is CCCCCCCCCCCCOc1c(O)c(C(=O)O)cc2ccccc12. The van der Waals surface area contributed by atoms with Crippen LogP contribution < -0.4 is 4.74 Å². The summed E-state index contributed by atoms with van der Waals surface area (Å²) in [4.78, 5) is 11.4. The van der Waals surface area contributed by atoms with Gasteiger partial charge in [0.1, 0.15) is 5.56 Å². The standard InChI is InChI=1S/C23H32O4/c1-2-3-4-5-6-7-8-9-10-13-16-27-22-19-15-12-11-14-18(19)17-20(21(22)24)23(25)26/h11-12,14-15,17,24H,2-10,13,16H2,1H3,(H,25,26). The third-order valence-electron chi connectivity index (χ3n) is 4.95. The van der Waals surface area contributed by atoms with E-state index < -0.39 is 5.97 Å². The Kier molecular flexibility index (Phi) is 8.96. The third kappa shape index (κ3) is 6.46. The minimum Gasteiger partial charge on any atom is -0.504 e. The van der Waals surface area contributed by atoms with Crippen molar-refractivity contribution >= 4 is 16.7 Å². The molecule has 0 bridgehead atoms. The summed E-state index contributed by atoms with van der Waals surface area (Å²) in [5.74, 6) is -1.16. The molecule has 0 saturated heterocycles. The smallest absolute Gasteiger partial charge is 0.339 e. The molecule has 2 aromatic rings. The van der Waals surface area contributed by atoms with Crippen molar-refractivity contribution in [1.82, 2.24) is 0 Å². The van der Waals surface area contributed by atoms with Crippen LogP contribution in [0, 0.1) is 0 Å². The lowest BCUT2D eigenvalue weighted by atomic mass is 10.0. The largest absolute Gasteiger partial charge is 0.504 e. The first kappa shape index (κ1) is 21.1. The van der Waals surface area contributed by atoms with Gasteiger partial charge in [0, 0.05) is 5.39 Å². The Morgan fingerprint density at radius 2 is 1.52 bits per heavy atom. The van der Waals surface area contributed by atoms with Crippen molar-refractivity contribution in [3.63, 3.8) is 0 Å². The maximum atomic E-state index is 11.4. The molecule has 0 saturated carbocycles. The van der Waals surface area contributed by atoms with E-state index in [9.17, 15) is 15.0 Å². The number of aromatic hydroxyl groups is 1. The van der Waals surface area contributed by atoms with Crippen LogP contribution in [0.2, 0.25) is 0 Å². The monoisotopic (exact) mass is 372 g/mol. The second-order valence-corrected chi connectivity index (χ2v) is 7.16. The average Bonchev–Trinajstić information content (AvgIpc) is 2.67. The van der Waals surface area contributed by atoms with Gasteiger partial charge in [-0.05, 0) is 17.9 Å². The Morgan fingerprint density at radius 3 is 2.15 bits per heavy atom. The molecular weight excluding hydrogens is 340 g/mol. The first-order chi connectivity index (χ1) is 13.1. The number of carbonyl (C=O) groups is 1. The molecule has 4 nitrogen and oxygen atoms in total. The molecule has 0 aliphatic heterocycles. The van der Waals surface area contributed by atoms with Crippen molar-refractivity contribution in [3.8, 4) is 11.5 Å². The van der Waals surface area contributed by atoms with Crippen LogP contribution >= 0.6 is 0 Å². The van der Waals surface area contributed by atoms with Gasteiger partial charge in [0.05, 0.1) is 6.61 Å². The van der Waals surface area contributed by atoms with Gasteiger partial charge in [0.25, 0.3) is 0 Å². The molecular formula is C23H32O4. The first-order valence-corrected chi connectivity index (χ1v) is 10.3. The molecule has 0 spiro atoms. The van der Waals surface area contributed by atoms with Crippen LogP contribution in [0.15, 0.2) is 30.3 Å². The summed E-state index contributed by atoms with van der Waals surface area (Å²) < 4.78 is 5.80. The summed E-state index contributed by atoms with van der Waals surface area (Å²) >= 11 is 0. The van der Waals surface area contributed by atoms with Crippen molar-refractivity contribution in [3.05, 3.63) is 35.9 Å². The highest BCUT2D eigenvalue weighted by molar-refractivity contribution is 6.01. The van der Waals surface area contributed by atoms with Crippen molar-refractivity contribution in [1.29, 1.82) is 0 Å². The normalized spacial score (nSPS) is 11.0. The summed E-state index contributed by atoms with van der Waals surface area (Å²) in [6.07, 6.45) is 12.4. The van der Waals surface area contributed by atoms with Crippen molar-refractivity contribution in [2.24, 2.45) is 0 Å². The number of benzene rings is 2. The molecule has 0 aliphatic carbocycles. The van der Waals surface area contributed by atoms with Gasteiger partial charge in [0.2, 0.25) is 0 Å². The number of phenols is 1. The van der Waals surface area contributed by atoms with Crippen LogP contribution in [-0.2, 0) is 0 Å². The van der Waals surface area contributed by atoms with Crippen LogP contribution in [0.25, 0.3) is 10.8 Å². The molecule has 2 N–H and O–H groups in total. The Labute approximate surface area is 162 Å². The first-order valence-electron chi connectivity index (χ1n) is 10.3. The fourth-order valence-corrected chi connectivity index (χ4v) is 3.38. The number of carboxylic acids is 1. The number of unbranched alkanes of at least 4 members (excludes halogenated alkanes) is 9. The summed E-state index contributed by atoms with van der Waals surface area (Å²) in [7, 11) is 0. The lowest BCUT2D eigenvalue weighted by molar-refractivity contribution is 0.0693. The van der Waals surface area contributed by atoms with Gasteiger partial charge in [-0.2, -0.15) is 0 Å². The molecule has 0 unspecified atom stereocenters. The number of hydrogen-bond acceptors (Lipinski definition) is 3. The fraction of sp³-hybridized carbons (Fsp3) is 0.522. The fourth-order valence-electron chi connectivity index (χ4n) is 3.38. The number of fused-ring (bicyclic) bond motifs is 1. The zero-order valence-electron chi connectivity index (χ0n) is 16.4. The molecule has 0 amide bonds. The molecule has 148 valence electrons. The molecule has 0 atom stereocenters. The molecule has 4 heteroatoms. The van der Waals surface area contributed by atoms with E-state index in [4.69, 9.17) is 4.74 Å². The minimum atomic E-state index is -1.15. The van der Waals surface area contributed by atoms with Crippen LogP contribution in [-0.4, -0.2) is 22.8 Å². The number of hydrogen-bond donors (Lipinski definition) is 2. The number of rotatable bonds is 13. The van der Waals surface area contributed by atoms with Crippen LogP contribution in [0.3, 0.4) is 0 Å². The minimum absolute atomic E-state index is 0.119. The number of carboxylic acid groups (broad SMARTS) is 1. The van der Waals surface area contributed by atoms with Gasteiger partial charge in [-0.15, -0.1) is 0 Å². The number of aromatic carboxylic acids is 1. The van der Waals surface area contributed by atoms with Crippen molar-refractivity contribution < 1.29 is 19.7 Å². The van der Waals surface area contributed by atoms with Crippen LogP contribution in [0.4, 0.5) is 0 Å². The quantitative estimate of drug-likeness (QED) is 0.392.